The van der Waals surface area contributed by atoms with E-state index in [1.54, 1.807) is 0 Å². The molecule has 2 atom stereocenters. The van der Waals surface area contributed by atoms with Crippen molar-refractivity contribution < 1.29 is 9.53 Å². The van der Waals surface area contributed by atoms with Gasteiger partial charge in [0.1, 0.15) is 6.07 Å². The zero-order chi connectivity index (χ0) is 22.0. The summed E-state index contributed by atoms with van der Waals surface area (Å²) < 4.78 is 5.84. The van der Waals surface area contributed by atoms with E-state index in [0.29, 0.717) is 0 Å². The van der Waals surface area contributed by atoms with E-state index in [4.69, 9.17) is 4.74 Å². The number of hydrogen-bond acceptors (Lipinski definition) is 3. The first kappa shape index (κ1) is 19.6. The number of carbonyl (C=O) groups is 1. The number of esters is 1. The first-order valence-electron chi connectivity index (χ1n) is 10.7. The van der Waals surface area contributed by atoms with Crippen molar-refractivity contribution >= 4 is 5.97 Å². The highest BCUT2D eigenvalue weighted by Gasteiger charge is 2.61. The molecule has 1 aliphatic carbocycles. The number of hydrogen-bond donors (Lipinski definition) is 0. The van der Waals surface area contributed by atoms with E-state index in [1.807, 2.05) is 38.1 Å². The van der Waals surface area contributed by atoms with Crippen LogP contribution >= 0.6 is 0 Å². The highest BCUT2D eigenvalue weighted by Crippen LogP contribution is 2.55. The molecule has 0 amide bonds. The average Bonchev–Trinajstić information content (AvgIpc) is 3.16. The van der Waals surface area contributed by atoms with Crippen molar-refractivity contribution in [2.75, 3.05) is 0 Å². The van der Waals surface area contributed by atoms with Crippen LogP contribution in [0.5, 0.6) is 0 Å². The number of aryl methyl sites for hydroxylation is 1. The quantitative estimate of drug-likeness (QED) is 0.495. The molecule has 3 aromatic rings. The van der Waals surface area contributed by atoms with Crippen LogP contribution in [0.15, 0.2) is 66.7 Å². The minimum atomic E-state index is -1.36. The lowest BCUT2D eigenvalue weighted by atomic mass is 9.65. The number of cyclic esters (lactones) is 1. The van der Waals surface area contributed by atoms with Gasteiger partial charge in [-0.15, -0.1) is 0 Å². The van der Waals surface area contributed by atoms with Crippen molar-refractivity contribution in [1.29, 1.82) is 5.26 Å². The molecular formula is C28H25NO2. The van der Waals surface area contributed by atoms with E-state index < -0.39 is 11.0 Å². The minimum absolute atomic E-state index is 0.0871. The summed E-state index contributed by atoms with van der Waals surface area (Å²) in [5, 5.41) is 10.4. The SMILES string of the molecule is Cc1cccc(C2(C#N)OC(=O)CC2(C)c2ccc3c(c2)-c2ccccc2C3(C)C)c1. The maximum absolute atomic E-state index is 12.6. The number of nitriles is 1. The molecule has 1 aliphatic heterocycles. The van der Waals surface area contributed by atoms with Crippen LogP contribution in [0.4, 0.5) is 0 Å². The molecule has 154 valence electrons. The average molecular weight is 408 g/mol. The van der Waals surface area contributed by atoms with Crippen molar-refractivity contribution in [3.05, 3.63) is 94.5 Å². The van der Waals surface area contributed by atoms with Crippen molar-refractivity contribution in [3.63, 3.8) is 0 Å². The molecule has 0 saturated carbocycles. The van der Waals surface area contributed by atoms with Gasteiger partial charge in [-0.3, -0.25) is 4.79 Å². The highest BCUT2D eigenvalue weighted by atomic mass is 16.6. The second-order valence-corrected chi connectivity index (χ2v) is 9.58. The molecule has 0 aromatic heterocycles. The third kappa shape index (κ3) is 2.48. The first-order chi connectivity index (χ1) is 14.7. The van der Waals surface area contributed by atoms with E-state index in [9.17, 15) is 10.1 Å². The Bertz CT molecular complexity index is 1280. The molecule has 3 heteroatoms. The molecule has 0 bridgehead atoms. The monoisotopic (exact) mass is 407 g/mol. The molecule has 0 spiro atoms. The Kier molecular flexibility index (Phi) is 3.98. The summed E-state index contributed by atoms with van der Waals surface area (Å²) in [5.41, 5.74) is 5.42. The lowest BCUT2D eigenvalue weighted by molar-refractivity contribution is -0.146. The maximum atomic E-state index is 12.6. The van der Waals surface area contributed by atoms with Gasteiger partial charge in [0.05, 0.1) is 11.8 Å². The zero-order valence-corrected chi connectivity index (χ0v) is 18.3. The Hall–Kier alpha value is -3.38. The smallest absolute Gasteiger partial charge is 0.308 e. The van der Waals surface area contributed by atoms with Gasteiger partial charge < -0.3 is 4.74 Å². The minimum Gasteiger partial charge on any atom is -0.438 e. The highest BCUT2D eigenvalue weighted by molar-refractivity contribution is 5.83. The number of fused-ring (bicyclic) bond motifs is 3. The molecule has 2 aliphatic rings. The Balaban J connectivity index is 1.74. The van der Waals surface area contributed by atoms with Crippen LogP contribution in [0.25, 0.3) is 11.1 Å². The second kappa shape index (κ2) is 6.31. The molecule has 5 rings (SSSR count). The van der Waals surface area contributed by atoms with Gasteiger partial charge in [0, 0.05) is 11.0 Å². The molecule has 1 heterocycles. The summed E-state index contributed by atoms with van der Waals surface area (Å²) >= 11 is 0. The summed E-state index contributed by atoms with van der Waals surface area (Å²) in [4.78, 5) is 12.6. The van der Waals surface area contributed by atoms with Gasteiger partial charge in [0.2, 0.25) is 5.60 Å². The fourth-order valence-electron chi connectivity index (χ4n) is 5.55. The molecule has 1 saturated heterocycles. The maximum Gasteiger partial charge on any atom is 0.308 e. The molecule has 2 unspecified atom stereocenters. The van der Waals surface area contributed by atoms with Crippen molar-refractivity contribution in [3.8, 4) is 17.2 Å². The third-order valence-corrected chi connectivity index (χ3v) is 7.34. The normalized spacial score (nSPS) is 25.5. The standard InChI is InChI=1S/C28H25NO2/c1-18-8-7-9-20(14-18)28(17-29)27(4,16-25(30)31-28)19-12-13-24-22(15-19)21-10-5-6-11-23(21)26(24,2)3/h5-15H,16H2,1-4H3. The second-order valence-electron chi connectivity index (χ2n) is 9.58. The molecule has 3 nitrogen and oxygen atoms in total. The molecule has 31 heavy (non-hydrogen) atoms. The van der Waals surface area contributed by atoms with E-state index >= 15 is 0 Å². The lowest BCUT2D eigenvalue weighted by Gasteiger charge is -2.37. The van der Waals surface area contributed by atoms with Crippen molar-refractivity contribution in [2.24, 2.45) is 0 Å². The molecule has 0 radical (unpaired) electrons. The summed E-state index contributed by atoms with van der Waals surface area (Å²) in [5.74, 6) is -0.341. The van der Waals surface area contributed by atoms with E-state index in [1.165, 1.54) is 22.3 Å². The Morgan fingerprint density at radius 2 is 1.61 bits per heavy atom. The summed E-state index contributed by atoms with van der Waals surface area (Å²) in [7, 11) is 0. The fourth-order valence-corrected chi connectivity index (χ4v) is 5.55. The molecule has 1 fully saturated rings. The largest absolute Gasteiger partial charge is 0.438 e. The van der Waals surface area contributed by atoms with E-state index in [0.717, 1.165) is 16.7 Å². The predicted octanol–water partition coefficient (Wildman–Crippen LogP) is 5.93. The zero-order valence-electron chi connectivity index (χ0n) is 18.3. The van der Waals surface area contributed by atoms with Crippen molar-refractivity contribution in [2.45, 2.75) is 50.5 Å². The molecule has 0 N–H and O–H groups in total. The molecular weight excluding hydrogens is 382 g/mol. The van der Waals surface area contributed by atoms with E-state index in [2.05, 4.69) is 62.4 Å². The molecule has 3 aromatic carbocycles. The number of carbonyl (C=O) groups excluding carboxylic acids is 1. The lowest BCUT2D eigenvalue weighted by Crippen LogP contribution is -2.43. The van der Waals surface area contributed by atoms with Gasteiger partial charge in [0.25, 0.3) is 0 Å². The van der Waals surface area contributed by atoms with E-state index in [-0.39, 0.29) is 17.8 Å². The van der Waals surface area contributed by atoms with Crippen LogP contribution < -0.4 is 0 Å². The Labute approximate surface area is 183 Å². The summed E-state index contributed by atoms with van der Waals surface area (Å²) in [6.07, 6.45) is 0.165. The Morgan fingerprint density at radius 3 is 2.35 bits per heavy atom. The van der Waals surface area contributed by atoms with Crippen LogP contribution in [0.2, 0.25) is 0 Å². The first-order valence-corrected chi connectivity index (χ1v) is 10.7. The van der Waals surface area contributed by atoms with Gasteiger partial charge >= 0.3 is 5.97 Å². The fraction of sp³-hybridized carbons (Fsp3) is 0.286. The van der Waals surface area contributed by atoms with Crippen LogP contribution in [0.3, 0.4) is 0 Å². The van der Waals surface area contributed by atoms with Gasteiger partial charge in [-0.1, -0.05) is 86.1 Å². The van der Waals surface area contributed by atoms with Crippen LogP contribution in [-0.4, -0.2) is 5.97 Å². The van der Waals surface area contributed by atoms with Gasteiger partial charge in [0.15, 0.2) is 0 Å². The van der Waals surface area contributed by atoms with Gasteiger partial charge in [-0.25, -0.2) is 0 Å². The predicted molar refractivity (Wildman–Crippen MR) is 121 cm³/mol. The summed E-state index contributed by atoms with van der Waals surface area (Å²) in [6, 6.07) is 25.0. The summed E-state index contributed by atoms with van der Waals surface area (Å²) in [6.45, 7) is 8.45. The third-order valence-electron chi connectivity index (χ3n) is 7.34. The number of benzene rings is 3. The number of nitrogens with zero attached hydrogens (tertiary/aromatic N) is 1. The van der Waals surface area contributed by atoms with Gasteiger partial charge in [-0.2, -0.15) is 5.26 Å². The van der Waals surface area contributed by atoms with Crippen LogP contribution in [0.1, 0.15) is 55.0 Å². The van der Waals surface area contributed by atoms with Crippen molar-refractivity contribution in [1.82, 2.24) is 0 Å². The van der Waals surface area contributed by atoms with Crippen LogP contribution in [0, 0.1) is 18.3 Å². The Morgan fingerprint density at radius 1 is 0.871 bits per heavy atom. The number of ether oxygens (including phenoxy) is 1. The van der Waals surface area contributed by atoms with Gasteiger partial charge in [-0.05, 0) is 41.7 Å². The topological polar surface area (TPSA) is 50.1 Å². The van der Waals surface area contributed by atoms with Crippen LogP contribution in [-0.2, 0) is 26.0 Å². The number of rotatable bonds is 2.